The summed E-state index contributed by atoms with van der Waals surface area (Å²) in [5, 5.41) is 11.6. The van der Waals surface area contributed by atoms with E-state index in [1.807, 2.05) is 18.2 Å². The Morgan fingerprint density at radius 3 is 2.71 bits per heavy atom. The number of halogens is 1. The van der Waals surface area contributed by atoms with Gasteiger partial charge in [0.25, 0.3) is 0 Å². The Morgan fingerprint density at radius 2 is 2.05 bits per heavy atom. The van der Waals surface area contributed by atoms with Crippen molar-refractivity contribution in [3.05, 3.63) is 28.6 Å². The topological polar surface area (TPSA) is 60.2 Å². The predicted molar refractivity (Wildman–Crippen MR) is 85.4 cm³/mol. The van der Waals surface area contributed by atoms with Gasteiger partial charge in [0.2, 0.25) is 11.8 Å². The highest BCUT2D eigenvalue weighted by atomic mass is 79.9. The number of benzene rings is 1. The lowest BCUT2D eigenvalue weighted by Crippen LogP contribution is -2.37. The van der Waals surface area contributed by atoms with E-state index in [9.17, 15) is 0 Å². The van der Waals surface area contributed by atoms with Crippen molar-refractivity contribution in [1.82, 2.24) is 15.5 Å². The van der Waals surface area contributed by atoms with Crippen molar-refractivity contribution in [2.45, 2.75) is 32.7 Å². The summed E-state index contributed by atoms with van der Waals surface area (Å²) in [5.74, 6) is 1.87. The predicted octanol–water partition coefficient (Wildman–Crippen LogP) is 3.44. The molecule has 5 nitrogen and oxygen atoms in total. The minimum Gasteiger partial charge on any atom is -0.497 e. The number of methoxy groups -OCH3 is 1. The zero-order chi connectivity index (χ0) is 15.5. The number of nitrogens with zero attached hydrogens (tertiary/aromatic N) is 2. The molecule has 1 aromatic heterocycles. The summed E-state index contributed by atoms with van der Waals surface area (Å²) in [6.45, 7) is 7.17. The van der Waals surface area contributed by atoms with Crippen molar-refractivity contribution in [3.8, 4) is 17.2 Å². The van der Waals surface area contributed by atoms with Crippen LogP contribution in [0.25, 0.3) is 11.5 Å². The molecule has 0 unspecified atom stereocenters. The molecule has 2 rings (SSSR count). The molecular formula is C15H20BrN3O2. The summed E-state index contributed by atoms with van der Waals surface area (Å²) in [4.78, 5) is 0. The van der Waals surface area contributed by atoms with Crippen molar-refractivity contribution in [2.75, 3.05) is 13.7 Å². The Hall–Kier alpha value is -1.40. The van der Waals surface area contributed by atoms with Crippen LogP contribution in [0.1, 0.15) is 26.7 Å². The first-order chi connectivity index (χ1) is 9.89. The van der Waals surface area contributed by atoms with E-state index in [1.54, 1.807) is 7.11 Å². The molecule has 1 heterocycles. The Balaban J connectivity index is 2.09. The molecule has 0 aliphatic heterocycles. The van der Waals surface area contributed by atoms with Crippen molar-refractivity contribution in [3.63, 3.8) is 0 Å². The second kappa shape index (κ2) is 6.58. The van der Waals surface area contributed by atoms with Gasteiger partial charge in [-0.05, 0) is 54.9 Å². The van der Waals surface area contributed by atoms with Gasteiger partial charge in [-0.25, -0.2) is 0 Å². The van der Waals surface area contributed by atoms with Crippen molar-refractivity contribution in [1.29, 1.82) is 0 Å². The molecule has 6 heteroatoms. The number of rotatable bonds is 5. The van der Waals surface area contributed by atoms with Gasteiger partial charge in [-0.3, -0.25) is 0 Å². The lowest BCUT2D eigenvalue weighted by molar-refractivity contribution is 0.410. The lowest BCUT2D eigenvalue weighted by Gasteiger charge is -2.19. The van der Waals surface area contributed by atoms with Crippen molar-refractivity contribution >= 4 is 15.9 Å². The van der Waals surface area contributed by atoms with Gasteiger partial charge in [-0.1, -0.05) is 0 Å². The summed E-state index contributed by atoms with van der Waals surface area (Å²) in [6, 6.07) is 5.64. The highest BCUT2D eigenvalue weighted by Gasteiger charge is 2.14. The third-order valence-electron chi connectivity index (χ3n) is 2.86. The standard InChI is InChI=1S/C15H20BrN3O2/c1-15(2,3)17-8-7-13-18-19-14(21-13)11-9-10(20-4)5-6-12(11)16/h5-6,9,17H,7-8H2,1-4H3. The van der Waals surface area contributed by atoms with E-state index in [0.29, 0.717) is 18.2 Å². The summed E-state index contributed by atoms with van der Waals surface area (Å²) < 4.78 is 11.8. The molecule has 21 heavy (non-hydrogen) atoms. The summed E-state index contributed by atoms with van der Waals surface area (Å²) >= 11 is 3.49. The van der Waals surface area contributed by atoms with Crippen LogP contribution in [-0.4, -0.2) is 29.4 Å². The Kier molecular flexibility index (Phi) is 5.00. The van der Waals surface area contributed by atoms with Crippen LogP contribution in [0.4, 0.5) is 0 Å². The second-order valence-electron chi connectivity index (χ2n) is 5.77. The smallest absolute Gasteiger partial charge is 0.249 e. The molecule has 0 aliphatic carbocycles. The number of nitrogens with one attached hydrogen (secondary N) is 1. The maximum absolute atomic E-state index is 5.72. The maximum atomic E-state index is 5.72. The fourth-order valence-corrected chi connectivity index (χ4v) is 2.22. The minimum absolute atomic E-state index is 0.0820. The van der Waals surface area contributed by atoms with E-state index in [2.05, 4.69) is 52.2 Å². The zero-order valence-corrected chi connectivity index (χ0v) is 14.3. The average molecular weight is 354 g/mol. The van der Waals surface area contributed by atoms with Crippen LogP contribution in [-0.2, 0) is 6.42 Å². The largest absolute Gasteiger partial charge is 0.497 e. The van der Waals surface area contributed by atoms with E-state index in [4.69, 9.17) is 9.15 Å². The SMILES string of the molecule is COc1ccc(Br)c(-c2nnc(CCNC(C)(C)C)o2)c1. The number of aromatic nitrogens is 2. The molecule has 0 bridgehead atoms. The van der Waals surface area contributed by atoms with Crippen molar-refractivity contribution in [2.24, 2.45) is 0 Å². The third-order valence-corrected chi connectivity index (χ3v) is 3.56. The first kappa shape index (κ1) is 16.0. The van der Waals surface area contributed by atoms with Gasteiger partial charge in [0.1, 0.15) is 5.75 Å². The molecule has 1 N–H and O–H groups in total. The van der Waals surface area contributed by atoms with Gasteiger partial charge in [0.05, 0.1) is 12.7 Å². The van der Waals surface area contributed by atoms with Gasteiger partial charge < -0.3 is 14.5 Å². The lowest BCUT2D eigenvalue weighted by atomic mass is 10.1. The molecule has 0 atom stereocenters. The molecule has 114 valence electrons. The van der Waals surface area contributed by atoms with E-state index in [-0.39, 0.29) is 5.54 Å². The van der Waals surface area contributed by atoms with E-state index in [0.717, 1.165) is 22.3 Å². The number of hydrogen-bond acceptors (Lipinski definition) is 5. The maximum Gasteiger partial charge on any atom is 0.249 e. The monoisotopic (exact) mass is 353 g/mol. The molecule has 0 aliphatic rings. The van der Waals surface area contributed by atoms with Gasteiger partial charge in [0, 0.05) is 23.0 Å². The van der Waals surface area contributed by atoms with Crippen LogP contribution in [0.5, 0.6) is 5.75 Å². The van der Waals surface area contributed by atoms with Gasteiger partial charge >= 0.3 is 0 Å². The van der Waals surface area contributed by atoms with E-state index >= 15 is 0 Å². The summed E-state index contributed by atoms with van der Waals surface area (Å²) in [6.07, 6.45) is 0.700. The molecule has 0 amide bonds. The first-order valence-corrected chi connectivity index (χ1v) is 7.59. The third kappa shape index (κ3) is 4.54. The van der Waals surface area contributed by atoms with E-state index < -0.39 is 0 Å². The average Bonchev–Trinajstić information content (AvgIpc) is 2.86. The molecule has 0 saturated carbocycles. The van der Waals surface area contributed by atoms with Gasteiger partial charge in [-0.2, -0.15) is 0 Å². The van der Waals surface area contributed by atoms with Crippen LogP contribution in [0.3, 0.4) is 0 Å². The zero-order valence-electron chi connectivity index (χ0n) is 12.7. The normalized spacial score (nSPS) is 11.7. The van der Waals surface area contributed by atoms with Gasteiger partial charge in [0.15, 0.2) is 0 Å². The Labute approximate surface area is 133 Å². The summed E-state index contributed by atoms with van der Waals surface area (Å²) in [7, 11) is 1.63. The highest BCUT2D eigenvalue weighted by molar-refractivity contribution is 9.10. The fraction of sp³-hybridized carbons (Fsp3) is 0.467. The molecule has 1 aromatic carbocycles. The number of ether oxygens (including phenoxy) is 1. The molecular weight excluding hydrogens is 334 g/mol. The summed E-state index contributed by atoms with van der Waals surface area (Å²) in [5.41, 5.74) is 0.912. The highest BCUT2D eigenvalue weighted by Crippen LogP contribution is 2.30. The number of hydrogen-bond donors (Lipinski definition) is 1. The first-order valence-electron chi connectivity index (χ1n) is 6.80. The fourth-order valence-electron chi connectivity index (χ4n) is 1.80. The van der Waals surface area contributed by atoms with Crippen LogP contribution in [0.2, 0.25) is 0 Å². The van der Waals surface area contributed by atoms with E-state index in [1.165, 1.54) is 0 Å². The van der Waals surface area contributed by atoms with Crippen LogP contribution < -0.4 is 10.1 Å². The van der Waals surface area contributed by atoms with Crippen LogP contribution in [0, 0.1) is 0 Å². The quantitative estimate of drug-likeness (QED) is 0.891. The minimum atomic E-state index is 0.0820. The van der Waals surface area contributed by atoms with Gasteiger partial charge in [-0.15, -0.1) is 10.2 Å². The van der Waals surface area contributed by atoms with Crippen LogP contribution in [0.15, 0.2) is 27.1 Å². The molecule has 2 aromatic rings. The van der Waals surface area contributed by atoms with Crippen LogP contribution >= 0.6 is 15.9 Å². The Morgan fingerprint density at radius 1 is 1.29 bits per heavy atom. The second-order valence-corrected chi connectivity index (χ2v) is 6.63. The Bertz CT molecular complexity index is 605. The molecule has 0 radical (unpaired) electrons. The molecule has 0 fully saturated rings. The molecule has 0 saturated heterocycles. The van der Waals surface area contributed by atoms with Crippen molar-refractivity contribution < 1.29 is 9.15 Å². The molecule has 0 spiro atoms.